The first kappa shape index (κ1) is 16.7. The first-order valence-corrected chi connectivity index (χ1v) is 6.90. The summed E-state index contributed by atoms with van der Waals surface area (Å²) in [5.74, 6) is -0.0262. The fourth-order valence-electron chi connectivity index (χ4n) is 1.75. The fraction of sp³-hybridized carbons (Fsp3) is 0.571. The van der Waals surface area contributed by atoms with Crippen molar-refractivity contribution in [2.45, 2.75) is 39.2 Å². The molecular weight excluding hydrogens is 278 g/mol. The molecule has 0 aliphatic rings. The van der Waals surface area contributed by atoms with Crippen molar-refractivity contribution in [3.63, 3.8) is 0 Å². The van der Waals surface area contributed by atoms with Crippen LogP contribution in [0.2, 0.25) is 5.15 Å². The number of alkyl carbamates (subject to hydrolysis) is 1. The zero-order valence-corrected chi connectivity index (χ0v) is 13.1. The van der Waals surface area contributed by atoms with Crippen molar-refractivity contribution in [2.75, 3.05) is 13.1 Å². The van der Waals surface area contributed by atoms with Crippen molar-refractivity contribution in [1.29, 1.82) is 0 Å². The quantitative estimate of drug-likeness (QED) is 0.838. The standard InChI is InChI=1S/C14H22ClN3O2/c1-9-5-10(6-12(15)18-9)11(7-16)8-17-13(19)20-14(2,3)4/h5-6,11H,7-8,16H2,1-4H3,(H,17,19). The minimum atomic E-state index is -0.515. The van der Waals surface area contributed by atoms with Gasteiger partial charge in [0.05, 0.1) is 0 Å². The topological polar surface area (TPSA) is 77.2 Å². The van der Waals surface area contributed by atoms with Gasteiger partial charge in [-0.2, -0.15) is 0 Å². The van der Waals surface area contributed by atoms with Crippen LogP contribution in [0.15, 0.2) is 12.1 Å². The molecule has 3 N–H and O–H groups in total. The van der Waals surface area contributed by atoms with Crippen molar-refractivity contribution in [3.05, 3.63) is 28.5 Å². The summed E-state index contributed by atoms with van der Waals surface area (Å²) in [5.41, 5.74) is 7.03. The van der Waals surface area contributed by atoms with E-state index in [0.29, 0.717) is 18.2 Å². The van der Waals surface area contributed by atoms with Crippen LogP contribution < -0.4 is 11.1 Å². The molecule has 0 aromatic carbocycles. The molecule has 1 aromatic heterocycles. The van der Waals surface area contributed by atoms with E-state index in [1.165, 1.54) is 0 Å². The van der Waals surface area contributed by atoms with Crippen molar-refractivity contribution < 1.29 is 9.53 Å². The minimum Gasteiger partial charge on any atom is -0.444 e. The van der Waals surface area contributed by atoms with Gasteiger partial charge in [-0.05, 0) is 45.4 Å². The Bertz CT molecular complexity index is 452. The number of nitrogens with two attached hydrogens (primary N) is 1. The summed E-state index contributed by atoms with van der Waals surface area (Å²) in [7, 11) is 0. The molecule has 0 saturated heterocycles. The van der Waals surface area contributed by atoms with Crippen LogP contribution in [0.4, 0.5) is 4.79 Å². The average Bonchev–Trinajstić information content (AvgIpc) is 2.25. The molecule has 0 fully saturated rings. The van der Waals surface area contributed by atoms with Crippen LogP contribution in [-0.2, 0) is 4.74 Å². The highest BCUT2D eigenvalue weighted by Crippen LogP contribution is 2.18. The Hall–Kier alpha value is -1.33. The third kappa shape index (κ3) is 5.75. The molecule has 6 heteroatoms. The van der Waals surface area contributed by atoms with Crippen LogP contribution in [0.25, 0.3) is 0 Å². The van der Waals surface area contributed by atoms with Crippen LogP contribution in [0.1, 0.15) is 37.9 Å². The Morgan fingerprint density at radius 2 is 2.15 bits per heavy atom. The van der Waals surface area contributed by atoms with E-state index < -0.39 is 11.7 Å². The molecule has 5 nitrogen and oxygen atoms in total. The number of pyridine rings is 1. The lowest BCUT2D eigenvalue weighted by atomic mass is 10.00. The van der Waals surface area contributed by atoms with E-state index in [1.54, 1.807) is 6.07 Å². The molecule has 1 unspecified atom stereocenters. The first-order chi connectivity index (χ1) is 9.21. The van der Waals surface area contributed by atoms with Gasteiger partial charge in [0.2, 0.25) is 0 Å². The molecule has 0 aliphatic carbocycles. The van der Waals surface area contributed by atoms with Gasteiger partial charge >= 0.3 is 6.09 Å². The maximum Gasteiger partial charge on any atom is 0.407 e. The predicted octanol–water partition coefficient (Wildman–Crippen LogP) is 2.61. The van der Waals surface area contributed by atoms with Gasteiger partial charge in [0, 0.05) is 24.7 Å². The molecule has 0 radical (unpaired) electrons. The molecule has 0 bridgehead atoms. The Kier molecular flexibility index (Phi) is 5.77. The summed E-state index contributed by atoms with van der Waals surface area (Å²) in [6.45, 7) is 8.11. The van der Waals surface area contributed by atoms with Crippen LogP contribution >= 0.6 is 11.6 Å². The van der Waals surface area contributed by atoms with Gasteiger partial charge in [-0.3, -0.25) is 0 Å². The number of aromatic nitrogens is 1. The van der Waals surface area contributed by atoms with Gasteiger partial charge in [0.1, 0.15) is 10.8 Å². The second-order valence-electron chi connectivity index (χ2n) is 5.68. The van der Waals surface area contributed by atoms with E-state index in [2.05, 4.69) is 10.3 Å². The van der Waals surface area contributed by atoms with Crippen LogP contribution in [-0.4, -0.2) is 29.8 Å². The number of carbonyl (C=O) groups is 1. The number of ether oxygens (including phenoxy) is 1. The van der Waals surface area contributed by atoms with Gasteiger partial charge < -0.3 is 15.8 Å². The summed E-state index contributed by atoms with van der Waals surface area (Å²) in [5, 5.41) is 3.15. The normalized spacial score (nSPS) is 12.9. The highest BCUT2D eigenvalue weighted by molar-refractivity contribution is 6.29. The Balaban J connectivity index is 2.66. The smallest absolute Gasteiger partial charge is 0.407 e. The number of hydrogen-bond donors (Lipinski definition) is 2. The number of halogens is 1. The lowest BCUT2D eigenvalue weighted by Crippen LogP contribution is -2.36. The number of rotatable bonds is 4. The zero-order valence-electron chi connectivity index (χ0n) is 12.4. The first-order valence-electron chi connectivity index (χ1n) is 6.52. The number of aryl methyl sites for hydroxylation is 1. The van der Waals surface area contributed by atoms with Crippen molar-refractivity contribution in [1.82, 2.24) is 10.3 Å². The molecule has 0 saturated carbocycles. The molecule has 1 heterocycles. The molecular formula is C14H22ClN3O2. The third-order valence-corrected chi connectivity index (χ3v) is 2.79. The number of hydrogen-bond acceptors (Lipinski definition) is 4. The van der Waals surface area contributed by atoms with E-state index in [4.69, 9.17) is 22.1 Å². The monoisotopic (exact) mass is 299 g/mol. The van der Waals surface area contributed by atoms with Gasteiger partial charge in [-0.25, -0.2) is 9.78 Å². The second-order valence-corrected chi connectivity index (χ2v) is 6.07. The average molecular weight is 300 g/mol. The molecule has 1 atom stereocenters. The highest BCUT2D eigenvalue weighted by Gasteiger charge is 2.18. The number of carbonyl (C=O) groups excluding carboxylic acids is 1. The summed E-state index contributed by atoms with van der Waals surface area (Å²) < 4.78 is 5.19. The van der Waals surface area contributed by atoms with Gasteiger partial charge in [0.25, 0.3) is 0 Å². The molecule has 1 amide bonds. The zero-order chi connectivity index (χ0) is 15.3. The van der Waals surface area contributed by atoms with Gasteiger partial charge in [0.15, 0.2) is 0 Å². The molecule has 112 valence electrons. The summed E-state index contributed by atoms with van der Waals surface area (Å²) in [6, 6.07) is 3.68. The summed E-state index contributed by atoms with van der Waals surface area (Å²) in [6.07, 6.45) is -0.451. The third-order valence-electron chi connectivity index (χ3n) is 2.59. The van der Waals surface area contributed by atoms with E-state index in [0.717, 1.165) is 11.3 Å². The predicted molar refractivity (Wildman–Crippen MR) is 80.0 cm³/mol. The van der Waals surface area contributed by atoms with Crippen molar-refractivity contribution in [2.24, 2.45) is 5.73 Å². The van der Waals surface area contributed by atoms with Crippen LogP contribution in [0, 0.1) is 6.92 Å². The van der Waals surface area contributed by atoms with Gasteiger partial charge in [-0.15, -0.1) is 0 Å². The number of nitrogens with one attached hydrogen (secondary N) is 1. The van der Waals surface area contributed by atoms with E-state index in [1.807, 2.05) is 33.8 Å². The molecule has 1 rings (SSSR count). The Morgan fingerprint density at radius 3 is 2.65 bits per heavy atom. The van der Waals surface area contributed by atoms with Crippen molar-refractivity contribution >= 4 is 17.7 Å². The maximum absolute atomic E-state index is 11.6. The Morgan fingerprint density at radius 1 is 1.50 bits per heavy atom. The van der Waals surface area contributed by atoms with Crippen molar-refractivity contribution in [3.8, 4) is 0 Å². The lowest BCUT2D eigenvalue weighted by Gasteiger charge is -2.21. The van der Waals surface area contributed by atoms with Crippen LogP contribution in [0.3, 0.4) is 0 Å². The van der Waals surface area contributed by atoms with Gasteiger partial charge in [-0.1, -0.05) is 11.6 Å². The summed E-state index contributed by atoms with van der Waals surface area (Å²) in [4.78, 5) is 15.7. The largest absolute Gasteiger partial charge is 0.444 e. The number of amides is 1. The van der Waals surface area contributed by atoms with E-state index in [9.17, 15) is 4.79 Å². The maximum atomic E-state index is 11.6. The molecule has 20 heavy (non-hydrogen) atoms. The minimum absolute atomic E-state index is 0.0262. The second kappa shape index (κ2) is 6.90. The van der Waals surface area contributed by atoms with E-state index in [-0.39, 0.29) is 5.92 Å². The highest BCUT2D eigenvalue weighted by atomic mass is 35.5. The fourth-order valence-corrected chi connectivity index (χ4v) is 2.01. The van der Waals surface area contributed by atoms with Crippen LogP contribution in [0.5, 0.6) is 0 Å². The molecule has 0 aliphatic heterocycles. The summed E-state index contributed by atoms with van der Waals surface area (Å²) >= 11 is 5.94. The SMILES string of the molecule is Cc1cc(C(CN)CNC(=O)OC(C)(C)C)cc(Cl)n1. The lowest BCUT2D eigenvalue weighted by molar-refractivity contribution is 0.0525. The Labute approximate surface area is 124 Å². The molecule has 1 aromatic rings. The number of nitrogens with zero attached hydrogens (tertiary/aromatic N) is 1. The molecule has 0 spiro atoms. The van der Waals surface area contributed by atoms with E-state index >= 15 is 0 Å².